The number of esters is 1. The number of hydrogen-bond acceptors (Lipinski definition) is 8. The van der Waals surface area contributed by atoms with Gasteiger partial charge in [0, 0.05) is 13.1 Å². The molecule has 0 saturated heterocycles. The van der Waals surface area contributed by atoms with Gasteiger partial charge in [-0.1, -0.05) is 121 Å². The van der Waals surface area contributed by atoms with Gasteiger partial charge < -0.3 is 19.9 Å². The highest BCUT2D eigenvalue weighted by atomic mass is 32.2. The van der Waals surface area contributed by atoms with Crippen LogP contribution in [0, 0.1) is 0 Å². The number of nitrogens with zero attached hydrogens (tertiary/aromatic N) is 2. The Hall–Kier alpha value is -5.22. The van der Waals surface area contributed by atoms with Gasteiger partial charge in [-0.3, -0.25) is 19.5 Å². The van der Waals surface area contributed by atoms with Crippen molar-refractivity contribution in [3.05, 3.63) is 179 Å². The first-order valence-electron chi connectivity index (χ1n) is 17.7. The standard InChI is InChI=1S/C44H47N3O5S/c1-51-41-26-24-34(25-27-41)31-47(33-43(50)52-2)32-39-22-14-21-38(46-39)30-45-42(49)29-40(48)23-12-13-28-53-44(35-15-6-3-7-16-35,36-17-8-4-9-18-36)37-19-10-5-11-20-37/h3-12,14-27,40,48H,13,28-33H2,1-2H3,(H,45,49)/t40-/m1/s1. The molecule has 9 heteroatoms. The highest BCUT2D eigenvalue weighted by Gasteiger charge is 2.36. The van der Waals surface area contributed by atoms with Crippen LogP contribution in [0.25, 0.3) is 0 Å². The first-order chi connectivity index (χ1) is 25.9. The molecule has 1 heterocycles. The molecule has 0 aliphatic rings. The summed E-state index contributed by atoms with van der Waals surface area (Å²) < 4.78 is 9.77. The van der Waals surface area contributed by atoms with Crippen LogP contribution in [0.3, 0.4) is 0 Å². The Morgan fingerprint density at radius 2 is 1.38 bits per heavy atom. The van der Waals surface area contributed by atoms with Gasteiger partial charge in [-0.2, -0.15) is 0 Å². The number of nitrogens with one attached hydrogen (secondary N) is 1. The lowest BCUT2D eigenvalue weighted by molar-refractivity contribution is -0.142. The van der Waals surface area contributed by atoms with Gasteiger partial charge in [0.05, 0.1) is 56.0 Å². The highest BCUT2D eigenvalue weighted by Crippen LogP contribution is 2.48. The van der Waals surface area contributed by atoms with Crippen molar-refractivity contribution in [3.63, 3.8) is 0 Å². The van der Waals surface area contributed by atoms with E-state index in [-0.39, 0.29) is 31.4 Å². The monoisotopic (exact) mass is 729 g/mol. The number of ether oxygens (including phenoxy) is 2. The van der Waals surface area contributed by atoms with Crippen molar-refractivity contribution in [2.75, 3.05) is 26.5 Å². The van der Waals surface area contributed by atoms with Crippen molar-refractivity contribution in [1.29, 1.82) is 0 Å². The van der Waals surface area contributed by atoms with Crippen molar-refractivity contribution in [1.82, 2.24) is 15.2 Å². The molecule has 0 fully saturated rings. The number of hydrogen-bond donors (Lipinski definition) is 2. The topological polar surface area (TPSA) is 101 Å². The third kappa shape index (κ3) is 11.4. The maximum atomic E-state index is 12.8. The summed E-state index contributed by atoms with van der Waals surface area (Å²) >= 11 is 1.86. The zero-order valence-electron chi connectivity index (χ0n) is 30.3. The van der Waals surface area contributed by atoms with E-state index in [0.717, 1.165) is 29.2 Å². The molecule has 53 heavy (non-hydrogen) atoms. The molecule has 0 unspecified atom stereocenters. The van der Waals surface area contributed by atoms with Crippen LogP contribution in [-0.2, 0) is 38.7 Å². The Balaban J connectivity index is 1.14. The van der Waals surface area contributed by atoms with Gasteiger partial charge in [-0.25, -0.2) is 0 Å². The number of methoxy groups -OCH3 is 2. The molecular formula is C44H47N3O5S. The number of allylic oxidation sites excluding steroid dienone is 1. The fraction of sp³-hybridized carbons (Fsp3) is 0.250. The van der Waals surface area contributed by atoms with E-state index < -0.39 is 10.9 Å². The summed E-state index contributed by atoms with van der Waals surface area (Å²) in [6, 6.07) is 45.0. The van der Waals surface area contributed by atoms with E-state index in [1.54, 1.807) is 13.2 Å². The number of amides is 1. The minimum atomic E-state index is -0.911. The van der Waals surface area contributed by atoms with E-state index in [4.69, 9.17) is 14.5 Å². The van der Waals surface area contributed by atoms with E-state index in [9.17, 15) is 14.7 Å². The molecule has 0 radical (unpaired) electrons. The molecule has 0 spiro atoms. The number of aliphatic hydroxyl groups excluding tert-OH is 1. The molecule has 5 aromatic rings. The van der Waals surface area contributed by atoms with Crippen molar-refractivity contribution >= 4 is 23.6 Å². The molecule has 0 aliphatic carbocycles. The Bertz CT molecular complexity index is 1790. The molecule has 0 aliphatic heterocycles. The maximum absolute atomic E-state index is 12.8. The van der Waals surface area contributed by atoms with Gasteiger partial charge in [0.1, 0.15) is 5.75 Å². The lowest BCUT2D eigenvalue weighted by atomic mass is 9.84. The number of aromatic nitrogens is 1. The number of thioether (sulfide) groups is 1. The van der Waals surface area contributed by atoms with Crippen LogP contribution in [0.5, 0.6) is 5.75 Å². The van der Waals surface area contributed by atoms with Gasteiger partial charge in [0.2, 0.25) is 5.91 Å². The summed E-state index contributed by atoms with van der Waals surface area (Å²) in [6.07, 6.45) is 3.41. The molecule has 1 amide bonds. The van der Waals surface area contributed by atoms with Crippen LogP contribution in [-0.4, -0.2) is 59.5 Å². The first-order valence-corrected chi connectivity index (χ1v) is 18.7. The van der Waals surface area contributed by atoms with Crippen molar-refractivity contribution in [3.8, 4) is 5.75 Å². The van der Waals surface area contributed by atoms with Crippen LogP contribution < -0.4 is 10.1 Å². The fourth-order valence-electron chi connectivity index (χ4n) is 6.17. The summed E-state index contributed by atoms with van der Waals surface area (Å²) in [5, 5.41) is 13.6. The van der Waals surface area contributed by atoms with Crippen molar-refractivity contribution < 1.29 is 24.2 Å². The summed E-state index contributed by atoms with van der Waals surface area (Å²) in [5.74, 6) is 0.948. The Labute approximate surface area is 316 Å². The van der Waals surface area contributed by atoms with E-state index in [1.807, 2.05) is 83.4 Å². The van der Waals surface area contributed by atoms with Gasteiger partial charge in [0.15, 0.2) is 0 Å². The molecule has 274 valence electrons. The molecule has 0 bridgehead atoms. The van der Waals surface area contributed by atoms with Crippen LogP contribution in [0.1, 0.15) is 46.5 Å². The quantitative estimate of drug-likeness (QED) is 0.0396. The van der Waals surface area contributed by atoms with E-state index in [0.29, 0.717) is 18.8 Å². The second-order valence-electron chi connectivity index (χ2n) is 12.6. The minimum Gasteiger partial charge on any atom is -0.497 e. The SMILES string of the molecule is COC(=O)CN(Cc1ccc(OC)cc1)Cc1cccc(CNC(=O)C[C@H](O)C=CCCSC(c2ccccc2)(c2ccccc2)c2ccccc2)n1. The molecule has 2 N–H and O–H groups in total. The number of benzene rings is 4. The first kappa shape index (κ1) is 39.0. The van der Waals surface area contributed by atoms with Gasteiger partial charge in [-0.15, -0.1) is 11.8 Å². The predicted octanol–water partition coefficient (Wildman–Crippen LogP) is 7.30. The molecule has 1 atom stereocenters. The molecule has 5 rings (SSSR count). The summed E-state index contributed by atoms with van der Waals surface area (Å²) in [5.41, 5.74) is 6.06. The van der Waals surface area contributed by atoms with Crippen LogP contribution in [0.4, 0.5) is 0 Å². The van der Waals surface area contributed by atoms with Crippen LogP contribution in [0.2, 0.25) is 0 Å². The molecule has 1 aromatic heterocycles. The lowest BCUT2D eigenvalue weighted by Crippen LogP contribution is -2.30. The third-order valence-electron chi connectivity index (χ3n) is 8.76. The Kier molecular flexibility index (Phi) is 14.8. The van der Waals surface area contributed by atoms with E-state index in [1.165, 1.54) is 23.8 Å². The zero-order chi connectivity index (χ0) is 37.3. The lowest BCUT2D eigenvalue weighted by Gasteiger charge is -2.35. The predicted molar refractivity (Wildman–Crippen MR) is 211 cm³/mol. The Morgan fingerprint density at radius 3 is 1.94 bits per heavy atom. The van der Waals surface area contributed by atoms with Gasteiger partial charge >= 0.3 is 5.97 Å². The summed E-state index contributed by atoms with van der Waals surface area (Å²) in [7, 11) is 2.99. The van der Waals surface area contributed by atoms with E-state index >= 15 is 0 Å². The summed E-state index contributed by atoms with van der Waals surface area (Å²) in [6.45, 7) is 1.24. The number of rotatable bonds is 19. The maximum Gasteiger partial charge on any atom is 0.319 e. The average Bonchev–Trinajstić information content (AvgIpc) is 3.20. The van der Waals surface area contributed by atoms with Crippen molar-refractivity contribution in [2.45, 2.75) is 43.3 Å². The average molecular weight is 730 g/mol. The summed E-state index contributed by atoms with van der Waals surface area (Å²) in [4.78, 5) is 31.6. The number of pyridine rings is 1. The highest BCUT2D eigenvalue weighted by molar-refractivity contribution is 8.00. The third-order valence-corrected chi connectivity index (χ3v) is 10.3. The number of carbonyl (C=O) groups excluding carboxylic acids is 2. The minimum absolute atomic E-state index is 0.0555. The van der Waals surface area contributed by atoms with Crippen molar-refractivity contribution in [2.24, 2.45) is 0 Å². The van der Waals surface area contributed by atoms with E-state index in [2.05, 4.69) is 78.1 Å². The number of aliphatic hydroxyl groups is 1. The largest absolute Gasteiger partial charge is 0.497 e. The molecule has 8 nitrogen and oxygen atoms in total. The number of carbonyl (C=O) groups is 2. The smallest absolute Gasteiger partial charge is 0.319 e. The van der Waals surface area contributed by atoms with Gasteiger partial charge in [-0.05, 0) is 58.7 Å². The normalized spacial score (nSPS) is 12.1. The molecule has 4 aromatic carbocycles. The second kappa shape index (κ2) is 20.1. The zero-order valence-corrected chi connectivity index (χ0v) is 31.1. The second-order valence-corrected chi connectivity index (χ2v) is 13.9. The Morgan fingerprint density at radius 1 is 0.792 bits per heavy atom. The van der Waals surface area contributed by atoms with Crippen LogP contribution in [0.15, 0.2) is 146 Å². The van der Waals surface area contributed by atoms with Gasteiger partial charge in [0.25, 0.3) is 0 Å². The molecular weight excluding hydrogens is 683 g/mol. The molecule has 0 saturated carbocycles. The fourth-order valence-corrected chi connectivity index (χ4v) is 7.64. The van der Waals surface area contributed by atoms with Crippen LogP contribution >= 0.6 is 11.8 Å².